The minimum absolute atomic E-state index is 0.341. The van der Waals surface area contributed by atoms with Crippen molar-refractivity contribution in [3.63, 3.8) is 0 Å². The van der Waals surface area contributed by atoms with Crippen LogP contribution in [0.15, 0.2) is 23.3 Å². The lowest BCUT2D eigenvalue weighted by atomic mass is 9.47. The summed E-state index contributed by atoms with van der Waals surface area (Å²) in [4.78, 5) is 0. The minimum Gasteiger partial charge on any atom is -0.396 e. The van der Waals surface area contributed by atoms with Gasteiger partial charge in [-0.05, 0) is 96.4 Å². The standard InChI is InChI=1S/C29H48O/c1-20(19-30)9-7-10-21(2)23-12-13-24-22-11-14-26-27(3,4)16-8-17-29(26,6)25(22)15-18-28(23,24)5/h15,18,20-21,23-24,26,30H,7-14,16-17,19H2,1-6H3/t20?,21?,23-,24+,26?,28-,29-/m1/s1. The van der Waals surface area contributed by atoms with Crippen LogP contribution >= 0.6 is 0 Å². The van der Waals surface area contributed by atoms with Crippen molar-refractivity contribution in [3.8, 4) is 0 Å². The zero-order chi connectivity index (χ0) is 21.7. The first-order chi connectivity index (χ1) is 14.1. The van der Waals surface area contributed by atoms with Gasteiger partial charge in [0.1, 0.15) is 0 Å². The van der Waals surface area contributed by atoms with E-state index >= 15 is 0 Å². The van der Waals surface area contributed by atoms with E-state index in [1.54, 1.807) is 5.57 Å². The molecule has 0 aromatic rings. The summed E-state index contributed by atoms with van der Waals surface area (Å²) in [6.07, 6.45) is 18.9. The Kier molecular flexibility index (Phi) is 6.10. The van der Waals surface area contributed by atoms with Crippen molar-refractivity contribution in [3.05, 3.63) is 23.3 Å². The molecule has 4 rings (SSSR count). The van der Waals surface area contributed by atoms with E-state index in [1.807, 2.05) is 5.57 Å². The number of rotatable bonds is 6. The molecule has 4 aliphatic carbocycles. The summed E-state index contributed by atoms with van der Waals surface area (Å²) in [5, 5.41) is 9.34. The third kappa shape index (κ3) is 3.56. The fraction of sp³-hybridized carbons (Fsp3) is 0.862. The quantitative estimate of drug-likeness (QED) is 0.469. The van der Waals surface area contributed by atoms with E-state index in [4.69, 9.17) is 0 Å². The Morgan fingerprint density at radius 2 is 1.80 bits per heavy atom. The Morgan fingerprint density at radius 3 is 2.53 bits per heavy atom. The Labute approximate surface area is 186 Å². The molecule has 0 aliphatic heterocycles. The number of allylic oxidation sites excluding steroid dienone is 4. The predicted molar refractivity (Wildman–Crippen MR) is 128 cm³/mol. The molecule has 30 heavy (non-hydrogen) atoms. The van der Waals surface area contributed by atoms with Crippen LogP contribution in [0.3, 0.4) is 0 Å². The van der Waals surface area contributed by atoms with Crippen LogP contribution in [0.1, 0.15) is 106 Å². The average Bonchev–Trinajstić information content (AvgIpc) is 3.04. The first-order valence-corrected chi connectivity index (χ1v) is 13.2. The smallest absolute Gasteiger partial charge is 0.0456 e. The van der Waals surface area contributed by atoms with Gasteiger partial charge in [-0.1, -0.05) is 78.5 Å². The third-order valence-electron chi connectivity index (χ3n) is 10.6. The molecular formula is C29H48O. The van der Waals surface area contributed by atoms with Gasteiger partial charge in [0.05, 0.1) is 0 Å². The van der Waals surface area contributed by atoms with E-state index in [1.165, 1.54) is 64.2 Å². The van der Waals surface area contributed by atoms with Crippen molar-refractivity contribution < 1.29 is 5.11 Å². The highest BCUT2D eigenvalue weighted by molar-refractivity contribution is 5.44. The number of hydrogen-bond donors (Lipinski definition) is 1. The van der Waals surface area contributed by atoms with E-state index < -0.39 is 0 Å². The summed E-state index contributed by atoms with van der Waals surface area (Å²) in [6.45, 7) is 15.3. The molecular weight excluding hydrogens is 364 g/mol. The van der Waals surface area contributed by atoms with Gasteiger partial charge in [0.25, 0.3) is 0 Å². The molecule has 0 aromatic carbocycles. The van der Waals surface area contributed by atoms with Gasteiger partial charge in [-0.3, -0.25) is 0 Å². The lowest BCUT2D eigenvalue weighted by Gasteiger charge is -2.57. The van der Waals surface area contributed by atoms with E-state index in [-0.39, 0.29) is 0 Å². The molecule has 7 atom stereocenters. The van der Waals surface area contributed by atoms with E-state index in [0.717, 1.165) is 23.7 Å². The summed E-state index contributed by atoms with van der Waals surface area (Å²) < 4.78 is 0. The van der Waals surface area contributed by atoms with Crippen LogP contribution in [-0.4, -0.2) is 11.7 Å². The van der Waals surface area contributed by atoms with Crippen molar-refractivity contribution >= 4 is 0 Å². The maximum absolute atomic E-state index is 9.34. The van der Waals surface area contributed by atoms with Gasteiger partial charge in [-0.25, -0.2) is 0 Å². The van der Waals surface area contributed by atoms with Crippen LogP contribution in [0, 0.1) is 45.8 Å². The van der Waals surface area contributed by atoms with Crippen LogP contribution in [-0.2, 0) is 0 Å². The molecule has 3 unspecified atom stereocenters. The highest BCUT2D eigenvalue weighted by atomic mass is 16.3. The molecule has 0 bridgehead atoms. The van der Waals surface area contributed by atoms with Crippen molar-refractivity contribution in [1.29, 1.82) is 0 Å². The second-order valence-corrected chi connectivity index (χ2v) is 12.9. The predicted octanol–water partition coefficient (Wildman–Crippen LogP) is 7.95. The van der Waals surface area contributed by atoms with Gasteiger partial charge in [0.2, 0.25) is 0 Å². The molecule has 0 radical (unpaired) electrons. The number of aliphatic hydroxyl groups excluding tert-OH is 1. The van der Waals surface area contributed by atoms with Crippen molar-refractivity contribution in [2.24, 2.45) is 45.8 Å². The molecule has 170 valence electrons. The zero-order valence-corrected chi connectivity index (χ0v) is 20.8. The topological polar surface area (TPSA) is 20.2 Å². The Morgan fingerprint density at radius 1 is 1.03 bits per heavy atom. The van der Waals surface area contributed by atoms with Gasteiger partial charge < -0.3 is 5.11 Å². The molecule has 0 heterocycles. The van der Waals surface area contributed by atoms with Crippen molar-refractivity contribution in [1.82, 2.24) is 0 Å². The molecule has 0 aromatic heterocycles. The molecule has 0 saturated heterocycles. The lowest BCUT2D eigenvalue weighted by molar-refractivity contribution is 0.0106. The number of hydrogen-bond acceptors (Lipinski definition) is 1. The molecule has 2 fully saturated rings. The fourth-order valence-corrected chi connectivity index (χ4v) is 8.87. The van der Waals surface area contributed by atoms with Crippen molar-refractivity contribution in [2.45, 2.75) is 106 Å². The lowest BCUT2D eigenvalue weighted by Crippen LogP contribution is -2.47. The Hall–Kier alpha value is -0.560. The summed E-state index contributed by atoms with van der Waals surface area (Å²) >= 11 is 0. The zero-order valence-electron chi connectivity index (χ0n) is 20.8. The molecule has 4 aliphatic rings. The molecule has 1 heteroatoms. The van der Waals surface area contributed by atoms with Gasteiger partial charge in [-0.2, -0.15) is 0 Å². The van der Waals surface area contributed by atoms with Crippen LogP contribution in [0.5, 0.6) is 0 Å². The summed E-state index contributed by atoms with van der Waals surface area (Å²) in [5.41, 5.74) is 4.93. The largest absolute Gasteiger partial charge is 0.396 e. The highest BCUT2D eigenvalue weighted by Gasteiger charge is 2.56. The maximum Gasteiger partial charge on any atom is 0.0456 e. The molecule has 2 saturated carbocycles. The van der Waals surface area contributed by atoms with E-state index in [9.17, 15) is 5.11 Å². The second-order valence-electron chi connectivity index (χ2n) is 12.9. The first kappa shape index (κ1) is 22.6. The van der Waals surface area contributed by atoms with Crippen LogP contribution in [0.4, 0.5) is 0 Å². The van der Waals surface area contributed by atoms with Gasteiger partial charge in [-0.15, -0.1) is 0 Å². The SMILES string of the molecule is CC(CO)CCCC(C)[C@H]1CC[C@H]2C3=C(C=C[C@]12C)[C@@]1(C)CCCC(C)(C)C1CC3. The first-order valence-electron chi connectivity index (χ1n) is 13.2. The highest BCUT2D eigenvalue weighted by Crippen LogP contribution is 2.66. The van der Waals surface area contributed by atoms with Crippen LogP contribution in [0.2, 0.25) is 0 Å². The summed E-state index contributed by atoms with van der Waals surface area (Å²) in [6, 6.07) is 0. The third-order valence-corrected chi connectivity index (χ3v) is 10.6. The van der Waals surface area contributed by atoms with E-state index in [2.05, 4.69) is 53.7 Å². The monoisotopic (exact) mass is 412 g/mol. The summed E-state index contributed by atoms with van der Waals surface area (Å²) in [7, 11) is 0. The maximum atomic E-state index is 9.34. The summed E-state index contributed by atoms with van der Waals surface area (Å²) in [5.74, 6) is 3.73. The number of fused-ring (bicyclic) bond motifs is 4. The molecule has 0 spiro atoms. The molecule has 1 N–H and O–H groups in total. The second kappa shape index (κ2) is 8.09. The minimum atomic E-state index is 0.341. The van der Waals surface area contributed by atoms with Gasteiger partial charge in [0.15, 0.2) is 0 Å². The Bertz CT molecular complexity index is 699. The van der Waals surface area contributed by atoms with Gasteiger partial charge >= 0.3 is 0 Å². The van der Waals surface area contributed by atoms with Crippen molar-refractivity contribution in [2.75, 3.05) is 6.61 Å². The molecule has 1 nitrogen and oxygen atoms in total. The molecule has 0 amide bonds. The fourth-order valence-electron chi connectivity index (χ4n) is 8.87. The van der Waals surface area contributed by atoms with Crippen LogP contribution < -0.4 is 0 Å². The van der Waals surface area contributed by atoms with Gasteiger partial charge in [0, 0.05) is 6.61 Å². The number of aliphatic hydroxyl groups is 1. The van der Waals surface area contributed by atoms with Crippen LogP contribution in [0.25, 0.3) is 0 Å². The average molecular weight is 413 g/mol. The Balaban J connectivity index is 1.53. The van der Waals surface area contributed by atoms with E-state index in [0.29, 0.717) is 28.8 Å². The normalized spacial score (nSPS) is 41.8.